The van der Waals surface area contributed by atoms with Crippen molar-refractivity contribution in [3.05, 3.63) is 29.8 Å². The van der Waals surface area contributed by atoms with E-state index in [2.05, 4.69) is 4.74 Å². The Morgan fingerprint density at radius 2 is 1.94 bits per heavy atom. The van der Waals surface area contributed by atoms with Crippen molar-refractivity contribution in [1.29, 1.82) is 0 Å². The molecule has 0 heterocycles. The second kappa shape index (κ2) is 4.72. The number of hydrogen-bond acceptors (Lipinski definition) is 4. The molecule has 1 aromatic rings. The molecule has 0 aliphatic carbocycles. The molecular weight excluding hydrogens is 241 g/mol. The Bertz CT molecular complexity index is 401. The minimum Gasteiger partial charge on any atom is -0.488 e. The van der Waals surface area contributed by atoms with E-state index in [0.29, 0.717) is 6.29 Å². The van der Waals surface area contributed by atoms with Gasteiger partial charge >= 0.3 is 6.18 Å². The lowest BCUT2D eigenvalue weighted by Crippen LogP contribution is -2.49. The first-order valence-corrected chi connectivity index (χ1v) is 4.46. The number of ether oxygens (including phenoxy) is 1. The zero-order chi connectivity index (χ0) is 13.1. The van der Waals surface area contributed by atoms with E-state index in [1.165, 1.54) is 24.3 Å². The van der Waals surface area contributed by atoms with E-state index >= 15 is 0 Å². The number of aldehydes is 1. The highest BCUT2D eigenvalue weighted by Crippen LogP contribution is 2.28. The van der Waals surface area contributed by atoms with Gasteiger partial charge in [0, 0.05) is 5.56 Å². The fourth-order valence-electron chi connectivity index (χ4n) is 0.943. The van der Waals surface area contributed by atoms with Gasteiger partial charge < -0.3 is 14.9 Å². The van der Waals surface area contributed by atoms with E-state index in [-0.39, 0.29) is 11.3 Å². The molecule has 0 fully saturated rings. The van der Waals surface area contributed by atoms with Crippen LogP contribution in [0.5, 0.6) is 5.75 Å². The van der Waals surface area contributed by atoms with Crippen molar-refractivity contribution in [2.24, 2.45) is 0 Å². The second-order valence-electron chi connectivity index (χ2n) is 3.29. The Kier molecular flexibility index (Phi) is 3.74. The van der Waals surface area contributed by atoms with Crippen LogP contribution >= 0.6 is 0 Å². The van der Waals surface area contributed by atoms with Crippen LogP contribution in [-0.4, -0.2) is 35.1 Å². The van der Waals surface area contributed by atoms with Crippen LogP contribution in [-0.2, 0) is 0 Å². The molecule has 0 atom stereocenters. The molecule has 0 aliphatic rings. The van der Waals surface area contributed by atoms with Crippen molar-refractivity contribution in [3.63, 3.8) is 0 Å². The van der Waals surface area contributed by atoms with E-state index < -0.39 is 18.6 Å². The molecule has 7 heteroatoms. The third-order valence-electron chi connectivity index (χ3n) is 1.89. The van der Waals surface area contributed by atoms with Gasteiger partial charge in [0.1, 0.15) is 12.0 Å². The lowest BCUT2D eigenvalue weighted by Gasteiger charge is -2.24. The molecular formula is C10H9F3O4. The van der Waals surface area contributed by atoms with E-state index in [4.69, 9.17) is 10.2 Å². The number of carbonyl (C=O) groups is 1. The van der Waals surface area contributed by atoms with Crippen molar-refractivity contribution in [1.82, 2.24) is 0 Å². The number of aliphatic hydroxyl groups is 2. The quantitative estimate of drug-likeness (QED) is 0.620. The average molecular weight is 250 g/mol. The number of alkyl halides is 3. The van der Waals surface area contributed by atoms with Crippen LogP contribution in [0.1, 0.15) is 10.4 Å². The third-order valence-corrected chi connectivity index (χ3v) is 1.89. The number of rotatable bonds is 4. The van der Waals surface area contributed by atoms with Crippen molar-refractivity contribution in [2.45, 2.75) is 12.0 Å². The molecule has 0 amide bonds. The zero-order valence-electron chi connectivity index (χ0n) is 8.44. The maximum Gasteiger partial charge on any atom is 0.446 e. The topological polar surface area (TPSA) is 66.8 Å². The first-order chi connectivity index (χ1) is 7.76. The molecule has 0 aliphatic heterocycles. The summed E-state index contributed by atoms with van der Waals surface area (Å²) in [5.41, 5.74) is 0.205. The van der Waals surface area contributed by atoms with Crippen LogP contribution in [0.15, 0.2) is 24.3 Å². The molecule has 0 aromatic heterocycles. The molecule has 17 heavy (non-hydrogen) atoms. The Hall–Kier alpha value is -1.60. The van der Waals surface area contributed by atoms with Gasteiger partial charge in [-0.25, -0.2) is 0 Å². The van der Waals surface area contributed by atoms with Crippen LogP contribution in [0, 0.1) is 0 Å². The predicted octanol–water partition coefficient (Wildman–Crippen LogP) is 1.12. The molecule has 2 N–H and O–H groups in total. The zero-order valence-corrected chi connectivity index (χ0v) is 8.44. The molecule has 0 radical (unpaired) electrons. The van der Waals surface area contributed by atoms with E-state index in [0.717, 1.165) is 0 Å². The fourth-order valence-corrected chi connectivity index (χ4v) is 0.943. The van der Waals surface area contributed by atoms with Gasteiger partial charge in [-0.1, -0.05) is 12.1 Å². The van der Waals surface area contributed by atoms with Gasteiger partial charge in [0.25, 0.3) is 5.79 Å². The Labute approximate surface area is 94.3 Å². The van der Waals surface area contributed by atoms with Crippen LogP contribution in [0.2, 0.25) is 0 Å². The summed E-state index contributed by atoms with van der Waals surface area (Å²) >= 11 is 0. The molecule has 1 aromatic carbocycles. The molecule has 4 nitrogen and oxygen atoms in total. The summed E-state index contributed by atoms with van der Waals surface area (Å²) in [4.78, 5) is 10.4. The maximum atomic E-state index is 12.0. The monoisotopic (exact) mass is 250 g/mol. The smallest absolute Gasteiger partial charge is 0.446 e. The summed E-state index contributed by atoms with van der Waals surface area (Å²) in [6, 6.07) is 5.29. The minimum atomic E-state index is -5.21. The van der Waals surface area contributed by atoms with Gasteiger partial charge in [-0.15, -0.1) is 0 Å². The molecule has 0 saturated heterocycles. The van der Waals surface area contributed by atoms with E-state index in [9.17, 15) is 18.0 Å². The highest BCUT2D eigenvalue weighted by atomic mass is 19.4. The molecule has 0 spiro atoms. The van der Waals surface area contributed by atoms with Gasteiger partial charge in [0.05, 0.1) is 0 Å². The first kappa shape index (κ1) is 13.5. The van der Waals surface area contributed by atoms with Gasteiger partial charge in [0.2, 0.25) is 0 Å². The summed E-state index contributed by atoms with van der Waals surface area (Å²) in [6.45, 7) is -1.38. The number of benzene rings is 1. The van der Waals surface area contributed by atoms with E-state index in [1.54, 1.807) is 0 Å². The molecule has 94 valence electrons. The summed E-state index contributed by atoms with van der Waals surface area (Å²) in [7, 11) is 0. The average Bonchev–Trinajstić information content (AvgIpc) is 2.25. The Morgan fingerprint density at radius 3 is 2.47 bits per heavy atom. The third kappa shape index (κ3) is 3.43. The van der Waals surface area contributed by atoms with Crippen LogP contribution < -0.4 is 4.74 Å². The standard InChI is InChI=1S/C10H9F3O4/c11-10(12,13)9(15,16)6-17-8-3-1-2-7(4-8)5-14/h1-5,15-16H,6H2. The van der Waals surface area contributed by atoms with Crippen molar-refractivity contribution in [2.75, 3.05) is 6.61 Å². The van der Waals surface area contributed by atoms with Gasteiger partial charge in [0.15, 0.2) is 6.61 Å². The summed E-state index contributed by atoms with van der Waals surface area (Å²) < 4.78 is 40.7. The van der Waals surface area contributed by atoms with Gasteiger partial charge in [-0.2, -0.15) is 13.2 Å². The molecule has 0 bridgehead atoms. The number of carbonyl (C=O) groups excluding carboxylic acids is 1. The summed E-state index contributed by atoms with van der Waals surface area (Å²) in [5, 5.41) is 17.3. The summed E-state index contributed by atoms with van der Waals surface area (Å²) in [6.07, 6.45) is -4.73. The maximum absolute atomic E-state index is 12.0. The van der Waals surface area contributed by atoms with Crippen molar-refractivity contribution < 1.29 is 32.9 Å². The molecule has 0 unspecified atom stereocenters. The largest absolute Gasteiger partial charge is 0.488 e. The lowest BCUT2D eigenvalue weighted by molar-refractivity contribution is -0.355. The Morgan fingerprint density at radius 1 is 1.29 bits per heavy atom. The van der Waals surface area contributed by atoms with Crippen LogP contribution in [0.4, 0.5) is 13.2 Å². The minimum absolute atomic E-state index is 0.0636. The highest BCUT2D eigenvalue weighted by molar-refractivity contribution is 5.75. The molecule has 1 rings (SSSR count). The van der Waals surface area contributed by atoms with Crippen LogP contribution in [0.25, 0.3) is 0 Å². The first-order valence-electron chi connectivity index (χ1n) is 4.46. The van der Waals surface area contributed by atoms with Crippen molar-refractivity contribution in [3.8, 4) is 5.75 Å². The molecule has 0 saturated carbocycles. The number of halogens is 3. The van der Waals surface area contributed by atoms with Gasteiger partial charge in [-0.3, -0.25) is 4.79 Å². The summed E-state index contributed by atoms with van der Waals surface area (Å²) in [5.74, 6) is -3.99. The SMILES string of the molecule is O=Cc1cccc(OCC(O)(O)C(F)(F)F)c1. The number of hydrogen-bond donors (Lipinski definition) is 2. The Balaban J connectivity index is 2.70. The fraction of sp³-hybridized carbons (Fsp3) is 0.300. The van der Waals surface area contributed by atoms with Crippen molar-refractivity contribution >= 4 is 6.29 Å². The van der Waals surface area contributed by atoms with Crippen LogP contribution in [0.3, 0.4) is 0 Å². The highest BCUT2D eigenvalue weighted by Gasteiger charge is 2.53. The predicted molar refractivity (Wildman–Crippen MR) is 50.5 cm³/mol. The normalized spacial score (nSPS) is 12.3. The second-order valence-corrected chi connectivity index (χ2v) is 3.29. The van der Waals surface area contributed by atoms with E-state index in [1.807, 2.05) is 0 Å². The lowest BCUT2D eigenvalue weighted by atomic mass is 10.2. The van der Waals surface area contributed by atoms with Gasteiger partial charge in [-0.05, 0) is 12.1 Å².